The van der Waals surface area contributed by atoms with E-state index in [4.69, 9.17) is 16.3 Å². The summed E-state index contributed by atoms with van der Waals surface area (Å²) in [5.74, 6) is 0.846. The molecule has 0 saturated heterocycles. The zero-order valence-corrected chi connectivity index (χ0v) is 14.3. The first-order chi connectivity index (χ1) is 11.1. The number of hydrogen-bond acceptors (Lipinski definition) is 1. The van der Waals surface area contributed by atoms with Gasteiger partial charge in [0.25, 0.3) is 0 Å². The van der Waals surface area contributed by atoms with Gasteiger partial charge in [0.1, 0.15) is 5.75 Å². The number of rotatable bonds is 3. The van der Waals surface area contributed by atoms with Crippen LogP contribution in [0.3, 0.4) is 0 Å². The van der Waals surface area contributed by atoms with Crippen molar-refractivity contribution in [2.45, 2.75) is 13.8 Å². The summed E-state index contributed by atoms with van der Waals surface area (Å²) in [6.07, 6.45) is 0. The van der Waals surface area contributed by atoms with Gasteiger partial charge in [-0.2, -0.15) is 0 Å². The van der Waals surface area contributed by atoms with Gasteiger partial charge in [-0.05, 0) is 54.3 Å². The van der Waals surface area contributed by atoms with Gasteiger partial charge in [-0.3, -0.25) is 0 Å². The summed E-state index contributed by atoms with van der Waals surface area (Å²) < 4.78 is 5.25. The molecule has 3 rings (SSSR count). The van der Waals surface area contributed by atoms with Crippen LogP contribution >= 0.6 is 11.6 Å². The monoisotopic (exact) mass is 322 g/mol. The maximum absolute atomic E-state index is 6.80. The second-order valence-electron chi connectivity index (χ2n) is 5.65. The first kappa shape index (κ1) is 15.6. The van der Waals surface area contributed by atoms with E-state index in [0.29, 0.717) is 0 Å². The summed E-state index contributed by atoms with van der Waals surface area (Å²) in [6, 6.07) is 20.5. The van der Waals surface area contributed by atoms with Gasteiger partial charge in [0, 0.05) is 11.1 Å². The van der Waals surface area contributed by atoms with E-state index in [2.05, 4.69) is 44.2 Å². The molecule has 0 radical (unpaired) electrons. The molecule has 0 bridgehead atoms. The van der Waals surface area contributed by atoms with E-state index >= 15 is 0 Å². The van der Waals surface area contributed by atoms with Gasteiger partial charge in [-0.15, -0.1) is 0 Å². The third-order valence-electron chi connectivity index (χ3n) is 4.25. The molecule has 116 valence electrons. The van der Waals surface area contributed by atoms with Crippen molar-refractivity contribution < 1.29 is 4.74 Å². The van der Waals surface area contributed by atoms with Crippen LogP contribution in [0.25, 0.3) is 22.3 Å². The molecular weight excluding hydrogens is 304 g/mol. The molecule has 0 saturated carbocycles. The summed E-state index contributed by atoms with van der Waals surface area (Å²) in [4.78, 5) is 0. The Morgan fingerprint density at radius 3 is 2.09 bits per heavy atom. The first-order valence-electron chi connectivity index (χ1n) is 7.61. The van der Waals surface area contributed by atoms with Crippen molar-refractivity contribution in [1.29, 1.82) is 0 Å². The molecule has 0 aromatic heterocycles. The van der Waals surface area contributed by atoms with E-state index in [9.17, 15) is 0 Å². The fourth-order valence-electron chi connectivity index (χ4n) is 2.81. The Hall–Kier alpha value is -2.25. The summed E-state index contributed by atoms with van der Waals surface area (Å²) in [7, 11) is 1.67. The number of aryl methyl sites for hydroxylation is 1. The van der Waals surface area contributed by atoms with Crippen LogP contribution in [0, 0.1) is 13.8 Å². The van der Waals surface area contributed by atoms with E-state index in [-0.39, 0.29) is 0 Å². The van der Waals surface area contributed by atoms with Crippen molar-refractivity contribution in [2.24, 2.45) is 0 Å². The second kappa shape index (κ2) is 6.47. The van der Waals surface area contributed by atoms with Gasteiger partial charge < -0.3 is 4.74 Å². The molecule has 0 amide bonds. The predicted molar refractivity (Wildman–Crippen MR) is 98.4 cm³/mol. The van der Waals surface area contributed by atoms with Gasteiger partial charge in [-0.1, -0.05) is 54.1 Å². The SMILES string of the molecule is COc1ccc(-c2c(C)c(C)cc(-c3ccccc3)c2Cl)cc1. The largest absolute Gasteiger partial charge is 0.497 e. The second-order valence-corrected chi connectivity index (χ2v) is 6.03. The van der Waals surface area contributed by atoms with Gasteiger partial charge >= 0.3 is 0 Å². The standard InChI is InChI=1S/C21H19ClO/c1-14-13-19(16-7-5-4-6-8-16)21(22)20(15(14)2)17-9-11-18(23-3)12-10-17/h4-13H,1-3H3. The molecular formula is C21H19ClO. The fraction of sp³-hybridized carbons (Fsp3) is 0.143. The van der Waals surface area contributed by atoms with Crippen molar-refractivity contribution in [1.82, 2.24) is 0 Å². The van der Waals surface area contributed by atoms with Crippen LogP contribution in [-0.2, 0) is 0 Å². The highest BCUT2D eigenvalue weighted by atomic mass is 35.5. The van der Waals surface area contributed by atoms with Crippen molar-refractivity contribution in [3.63, 3.8) is 0 Å². The molecule has 3 aromatic carbocycles. The zero-order valence-electron chi connectivity index (χ0n) is 13.6. The summed E-state index contributed by atoms with van der Waals surface area (Å²) >= 11 is 6.80. The average Bonchev–Trinajstić information content (AvgIpc) is 2.59. The predicted octanol–water partition coefficient (Wildman–Crippen LogP) is 6.30. The molecule has 0 aliphatic carbocycles. The molecule has 0 unspecified atom stereocenters. The van der Waals surface area contributed by atoms with E-state index in [1.54, 1.807) is 7.11 Å². The fourth-order valence-corrected chi connectivity index (χ4v) is 3.23. The van der Waals surface area contributed by atoms with E-state index in [1.165, 1.54) is 11.1 Å². The lowest BCUT2D eigenvalue weighted by molar-refractivity contribution is 0.415. The lowest BCUT2D eigenvalue weighted by Crippen LogP contribution is -1.93. The molecule has 0 N–H and O–H groups in total. The van der Waals surface area contributed by atoms with E-state index < -0.39 is 0 Å². The molecule has 0 heterocycles. The molecule has 0 atom stereocenters. The molecule has 0 fully saturated rings. The first-order valence-corrected chi connectivity index (χ1v) is 7.99. The molecule has 1 nitrogen and oxygen atoms in total. The van der Waals surface area contributed by atoms with Crippen molar-refractivity contribution >= 4 is 11.6 Å². The summed E-state index contributed by atoms with van der Waals surface area (Å²) in [6.45, 7) is 4.25. The Labute approximate surface area is 142 Å². The highest BCUT2D eigenvalue weighted by Gasteiger charge is 2.15. The van der Waals surface area contributed by atoms with Gasteiger partial charge in [-0.25, -0.2) is 0 Å². The Morgan fingerprint density at radius 1 is 0.826 bits per heavy atom. The number of methoxy groups -OCH3 is 1. The molecule has 0 aliphatic rings. The highest BCUT2D eigenvalue weighted by molar-refractivity contribution is 6.36. The molecule has 2 heteroatoms. The third-order valence-corrected chi connectivity index (χ3v) is 4.64. The van der Waals surface area contributed by atoms with Crippen LogP contribution in [0.5, 0.6) is 5.75 Å². The van der Waals surface area contributed by atoms with E-state index in [1.807, 2.05) is 30.3 Å². The minimum atomic E-state index is 0.796. The van der Waals surface area contributed by atoms with Crippen molar-refractivity contribution in [2.75, 3.05) is 7.11 Å². The Kier molecular flexibility index (Phi) is 4.40. The Balaban J connectivity index is 2.21. The maximum atomic E-state index is 6.80. The lowest BCUT2D eigenvalue weighted by atomic mass is 9.91. The molecule has 3 aromatic rings. The van der Waals surface area contributed by atoms with Crippen LogP contribution in [0.4, 0.5) is 0 Å². The third kappa shape index (κ3) is 2.97. The highest BCUT2D eigenvalue weighted by Crippen LogP contribution is 2.40. The normalized spacial score (nSPS) is 10.6. The average molecular weight is 323 g/mol. The Bertz CT molecular complexity index is 821. The van der Waals surface area contributed by atoms with Gasteiger partial charge in [0.05, 0.1) is 12.1 Å². The van der Waals surface area contributed by atoms with Gasteiger partial charge in [0.2, 0.25) is 0 Å². The number of benzene rings is 3. The molecule has 23 heavy (non-hydrogen) atoms. The van der Waals surface area contributed by atoms with Crippen LogP contribution in [0.1, 0.15) is 11.1 Å². The molecule has 0 aliphatic heterocycles. The molecule has 0 spiro atoms. The quantitative estimate of drug-likeness (QED) is 0.550. The smallest absolute Gasteiger partial charge is 0.118 e. The van der Waals surface area contributed by atoms with Crippen LogP contribution < -0.4 is 4.74 Å². The minimum absolute atomic E-state index is 0.796. The number of hydrogen-bond donors (Lipinski definition) is 0. The summed E-state index contributed by atoms with van der Waals surface area (Å²) in [5.41, 5.74) is 6.85. The Morgan fingerprint density at radius 2 is 1.48 bits per heavy atom. The summed E-state index contributed by atoms with van der Waals surface area (Å²) in [5, 5.41) is 0.796. The number of halogens is 1. The van der Waals surface area contributed by atoms with Crippen molar-refractivity contribution in [3.8, 4) is 28.0 Å². The zero-order chi connectivity index (χ0) is 16.4. The van der Waals surface area contributed by atoms with Crippen LogP contribution in [0.15, 0.2) is 60.7 Å². The van der Waals surface area contributed by atoms with Crippen molar-refractivity contribution in [3.05, 3.63) is 76.8 Å². The minimum Gasteiger partial charge on any atom is -0.497 e. The van der Waals surface area contributed by atoms with E-state index in [0.717, 1.165) is 33.0 Å². The van der Waals surface area contributed by atoms with Crippen LogP contribution in [-0.4, -0.2) is 7.11 Å². The van der Waals surface area contributed by atoms with Gasteiger partial charge in [0.15, 0.2) is 0 Å². The topological polar surface area (TPSA) is 9.23 Å². The number of ether oxygens (including phenoxy) is 1. The maximum Gasteiger partial charge on any atom is 0.118 e. The van der Waals surface area contributed by atoms with Crippen LogP contribution in [0.2, 0.25) is 5.02 Å². The lowest BCUT2D eigenvalue weighted by Gasteiger charge is -2.16.